The summed E-state index contributed by atoms with van der Waals surface area (Å²) in [7, 11) is -3.65. The zero-order valence-electron chi connectivity index (χ0n) is 15.8. The number of rotatable bonds is 5. The molecule has 0 radical (unpaired) electrons. The molecule has 1 aliphatic rings. The van der Waals surface area contributed by atoms with E-state index >= 15 is 0 Å². The molecule has 2 aromatic rings. The third-order valence-electron chi connectivity index (χ3n) is 5.05. The maximum atomic E-state index is 12.8. The summed E-state index contributed by atoms with van der Waals surface area (Å²) in [6.45, 7) is 3.91. The molecule has 0 amide bonds. The molecule has 27 heavy (non-hydrogen) atoms. The molecule has 1 aliphatic carbocycles. The molecule has 0 unspecified atom stereocenters. The average molecular weight is 387 g/mol. The van der Waals surface area contributed by atoms with E-state index in [4.69, 9.17) is 0 Å². The van der Waals surface area contributed by atoms with Gasteiger partial charge < -0.3 is 5.21 Å². The minimum atomic E-state index is -3.65. The van der Waals surface area contributed by atoms with Gasteiger partial charge in [-0.1, -0.05) is 41.8 Å². The van der Waals surface area contributed by atoms with Crippen LogP contribution < -0.4 is 4.72 Å². The van der Waals surface area contributed by atoms with E-state index in [1.165, 1.54) is 0 Å². The Morgan fingerprint density at radius 3 is 2.15 bits per heavy atom. The molecule has 5 nitrogen and oxygen atoms in total. The maximum absolute atomic E-state index is 12.8. The summed E-state index contributed by atoms with van der Waals surface area (Å²) in [5.41, 5.74) is 2.95. The molecular weight excluding hydrogens is 360 g/mol. The molecule has 144 valence electrons. The van der Waals surface area contributed by atoms with Gasteiger partial charge in [0.25, 0.3) is 0 Å². The van der Waals surface area contributed by atoms with Crippen LogP contribution in [0.15, 0.2) is 53.4 Å². The number of hydrogen-bond acceptors (Lipinski definition) is 3. The van der Waals surface area contributed by atoms with E-state index in [0.29, 0.717) is 12.8 Å². The lowest BCUT2D eigenvalue weighted by Gasteiger charge is -2.30. The fourth-order valence-electron chi connectivity index (χ4n) is 3.43. The summed E-state index contributed by atoms with van der Waals surface area (Å²) in [6, 6.07) is 13.7. The number of nitrogens with zero attached hydrogens (tertiary/aromatic N) is 1. The third kappa shape index (κ3) is 4.96. The van der Waals surface area contributed by atoms with Gasteiger partial charge in [-0.2, -0.15) is 0 Å². The van der Waals surface area contributed by atoms with Gasteiger partial charge in [0.15, 0.2) is 12.3 Å². The number of nitrogens with one attached hydrogen (secondary N) is 1. The Kier molecular flexibility index (Phi) is 5.97. The second kappa shape index (κ2) is 8.23. The van der Waals surface area contributed by atoms with Gasteiger partial charge in [-0.3, -0.25) is 0 Å². The van der Waals surface area contributed by atoms with Crippen LogP contribution in [0, 0.1) is 19.1 Å². The Bertz CT molecular complexity index is 903. The zero-order valence-corrected chi connectivity index (χ0v) is 16.6. The highest BCUT2D eigenvalue weighted by atomic mass is 32.2. The van der Waals surface area contributed by atoms with E-state index in [1.807, 2.05) is 38.1 Å². The summed E-state index contributed by atoms with van der Waals surface area (Å²) >= 11 is 0. The Labute approximate surface area is 161 Å². The molecule has 0 spiro atoms. The van der Waals surface area contributed by atoms with Crippen LogP contribution in [-0.2, 0) is 10.0 Å². The fourth-order valence-corrected chi connectivity index (χ4v) is 4.74. The van der Waals surface area contributed by atoms with Crippen LogP contribution in [0.25, 0.3) is 0 Å². The molecule has 6 heteroatoms. The Morgan fingerprint density at radius 1 is 0.963 bits per heavy atom. The highest BCUT2D eigenvalue weighted by Gasteiger charge is 2.34. The number of aryl methyl sites for hydroxylation is 2. The monoisotopic (exact) mass is 386 g/mol. The molecule has 0 aliphatic heterocycles. The van der Waals surface area contributed by atoms with Crippen molar-refractivity contribution in [1.29, 1.82) is 0 Å². The summed E-state index contributed by atoms with van der Waals surface area (Å²) in [5.74, 6) is 0. The first kappa shape index (κ1) is 19.6. The van der Waals surface area contributed by atoms with Crippen molar-refractivity contribution in [3.63, 3.8) is 0 Å². The fraction of sp³-hybridized carbons (Fsp3) is 0.381. The smallest absolute Gasteiger partial charge is 0.241 e. The second-order valence-electron chi connectivity index (χ2n) is 7.29. The quantitative estimate of drug-likeness (QED) is 0.370. The highest BCUT2D eigenvalue weighted by molar-refractivity contribution is 7.89. The van der Waals surface area contributed by atoms with Gasteiger partial charge in [0.2, 0.25) is 10.0 Å². The van der Waals surface area contributed by atoms with Gasteiger partial charge in [-0.25, -0.2) is 17.9 Å². The average Bonchev–Trinajstić information content (AvgIpc) is 2.64. The Morgan fingerprint density at radius 2 is 1.52 bits per heavy atom. The van der Waals surface area contributed by atoms with Crippen molar-refractivity contribution in [2.75, 3.05) is 0 Å². The lowest BCUT2D eigenvalue weighted by atomic mass is 9.91. The Hall–Kier alpha value is -2.18. The topological polar surface area (TPSA) is 72.2 Å². The van der Waals surface area contributed by atoms with Crippen molar-refractivity contribution in [2.24, 2.45) is 0 Å². The standard InChI is InChI=1S/C21H26N2O3S/c1-16-7-11-18(12-8-16)15-23(24)21-6-4-3-5-20(21)22-27(25,26)19-13-9-17(2)10-14-19/h7-15,20-22H,3-6H2,1-2H3/b23-15-/t20-,21-/m1/s1. The lowest BCUT2D eigenvalue weighted by molar-refractivity contribution is -0.504. The lowest BCUT2D eigenvalue weighted by Crippen LogP contribution is -2.49. The first-order valence-electron chi connectivity index (χ1n) is 9.31. The van der Waals surface area contributed by atoms with Crippen LogP contribution >= 0.6 is 0 Å². The van der Waals surface area contributed by atoms with Crippen LogP contribution in [0.3, 0.4) is 0 Å². The van der Waals surface area contributed by atoms with Gasteiger partial charge in [0.1, 0.15) is 0 Å². The molecule has 0 heterocycles. The largest absolute Gasteiger partial charge is 0.624 e. The van der Waals surface area contributed by atoms with Gasteiger partial charge in [-0.05, 0) is 51.0 Å². The summed E-state index contributed by atoms with van der Waals surface area (Å²) < 4.78 is 29.2. The normalized spacial score (nSPS) is 21.2. The van der Waals surface area contributed by atoms with E-state index in [-0.39, 0.29) is 4.90 Å². The van der Waals surface area contributed by atoms with Gasteiger partial charge >= 0.3 is 0 Å². The van der Waals surface area contributed by atoms with Crippen molar-refractivity contribution in [2.45, 2.75) is 56.5 Å². The van der Waals surface area contributed by atoms with Gasteiger partial charge in [0, 0.05) is 12.0 Å². The first-order valence-corrected chi connectivity index (χ1v) is 10.8. The molecule has 1 fully saturated rings. The van der Waals surface area contributed by atoms with Gasteiger partial charge in [-0.15, -0.1) is 0 Å². The number of sulfonamides is 1. The molecule has 0 bridgehead atoms. The number of hydrogen-bond donors (Lipinski definition) is 1. The van der Waals surface area contributed by atoms with Crippen molar-refractivity contribution >= 4 is 16.2 Å². The molecule has 2 atom stereocenters. The van der Waals surface area contributed by atoms with Crippen molar-refractivity contribution < 1.29 is 13.2 Å². The first-order chi connectivity index (χ1) is 12.8. The Balaban J connectivity index is 1.80. The molecular formula is C21H26N2O3S. The third-order valence-corrected chi connectivity index (χ3v) is 6.55. The van der Waals surface area contributed by atoms with Crippen LogP contribution in [0.2, 0.25) is 0 Å². The highest BCUT2D eigenvalue weighted by Crippen LogP contribution is 2.23. The summed E-state index contributed by atoms with van der Waals surface area (Å²) in [6.07, 6.45) is 4.73. The molecule has 0 saturated heterocycles. The predicted octanol–water partition coefficient (Wildman–Crippen LogP) is 3.52. The van der Waals surface area contributed by atoms with Crippen LogP contribution in [0.1, 0.15) is 42.4 Å². The molecule has 3 rings (SSSR count). The van der Waals surface area contributed by atoms with E-state index in [9.17, 15) is 13.6 Å². The zero-order chi connectivity index (χ0) is 19.4. The summed E-state index contributed by atoms with van der Waals surface area (Å²) in [5, 5.41) is 12.8. The predicted molar refractivity (Wildman–Crippen MR) is 108 cm³/mol. The van der Waals surface area contributed by atoms with Crippen molar-refractivity contribution in [1.82, 2.24) is 4.72 Å². The molecule has 1 N–H and O–H groups in total. The van der Waals surface area contributed by atoms with E-state index < -0.39 is 22.1 Å². The second-order valence-corrected chi connectivity index (χ2v) is 9.01. The van der Waals surface area contributed by atoms with Crippen LogP contribution in [0.4, 0.5) is 0 Å². The van der Waals surface area contributed by atoms with Crippen LogP contribution in [0.5, 0.6) is 0 Å². The summed E-state index contributed by atoms with van der Waals surface area (Å²) in [4.78, 5) is 0.234. The van der Waals surface area contributed by atoms with E-state index in [1.54, 1.807) is 30.5 Å². The maximum Gasteiger partial charge on any atom is 0.241 e. The molecule has 0 aromatic heterocycles. The number of hydroxylamine groups is 1. The molecule has 2 aromatic carbocycles. The van der Waals surface area contributed by atoms with E-state index in [2.05, 4.69) is 4.72 Å². The minimum Gasteiger partial charge on any atom is -0.624 e. The molecule has 1 saturated carbocycles. The van der Waals surface area contributed by atoms with Gasteiger partial charge in [0.05, 0.1) is 10.9 Å². The van der Waals surface area contributed by atoms with Crippen LogP contribution in [-0.4, -0.2) is 31.5 Å². The minimum absolute atomic E-state index is 0.234. The van der Waals surface area contributed by atoms with Crippen molar-refractivity contribution in [3.05, 3.63) is 70.4 Å². The van der Waals surface area contributed by atoms with Crippen molar-refractivity contribution in [3.8, 4) is 0 Å². The number of benzene rings is 2. The van der Waals surface area contributed by atoms with E-state index in [0.717, 1.165) is 34.3 Å². The SMILES string of the molecule is Cc1ccc(/C=[N+](\[O-])[C@@H]2CCCC[C@H]2NS(=O)(=O)c2ccc(C)cc2)cc1.